The number of aliphatic imine (C=N–C) groups is 1. The Bertz CT molecular complexity index is 663. The second-order valence-electron chi connectivity index (χ2n) is 8.21. The van der Waals surface area contributed by atoms with Crippen molar-refractivity contribution in [1.29, 1.82) is 0 Å². The molecule has 2 aliphatic rings. The third-order valence-electron chi connectivity index (χ3n) is 5.84. The number of nitrogens with zero attached hydrogens (tertiary/aromatic N) is 5. The van der Waals surface area contributed by atoms with Crippen LogP contribution in [0.15, 0.2) is 23.3 Å². The van der Waals surface area contributed by atoms with Crippen LogP contribution in [0.3, 0.4) is 0 Å². The number of halogens is 1. The highest BCUT2D eigenvalue weighted by atomic mass is 127. The van der Waals surface area contributed by atoms with Gasteiger partial charge < -0.3 is 20.0 Å². The number of nitrogens with one attached hydrogen (secondary N) is 1. The summed E-state index contributed by atoms with van der Waals surface area (Å²) < 4.78 is 0. The number of piperazine rings is 1. The predicted octanol–water partition coefficient (Wildman–Crippen LogP) is 3.38. The lowest BCUT2D eigenvalue weighted by molar-refractivity contribution is 0.270. The molecule has 30 heavy (non-hydrogen) atoms. The summed E-state index contributed by atoms with van der Waals surface area (Å²) in [6.45, 7) is 18.3. The molecule has 3 rings (SSSR count). The van der Waals surface area contributed by atoms with Gasteiger partial charge in [-0.3, -0.25) is 0 Å². The highest BCUT2D eigenvalue weighted by Crippen LogP contribution is 2.25. The number of guanidine groups is 1. The molecule has 1 atom stereocenters. The molecule has 1 aromatic heterocycles. The first-order valence-corrected chi connectivity index (χ1v) is 12.2. The zero-order chi connectivity index (χ0) is 20.6. The van der Waals surface area contributed by atoms with Gasteiger partial charge in [-0.1, -0.05) is 20.8 Å². The number of likely N-dealkylation sites (N-methyl/N-ethyl adjacent to an activating group) is 1. The molecule has 0 aliphatic carbocycles. The van der Waals surface area contributed by atoms with Crippen LogP contribution in [-0.4, -0.2) is 84.1 Å². The van der Waals surface area contributed by atoms with E-state index < -0.39 is 0 Å². The number of rotatable bonds is 6. The normalized spacial score (nSPS) is 21.0. The zero-order valence-corrected chi connectivity index (χ0v) is 22.2. The van der Waals surface area contributed by atoms with Crippen molar-refractivity contribution < 1.29 is 0 Å². The van der Waals surface area contributed by atoms with Gasteiger partial charge >= 0.3 is 0 Å². The summed E-state index contributed by atoms with van der Waals surface area (Å²) in [5.74, 6) is 4.01. The van der Waals surface area contributed by atoms with Crippen molar-refractivity contribution in [1.82, 2.24) is 20.1 Å². The van der Waals surface area contributed by atoms with Crippen LogP contribution in [0.1, 0.15) is 33.3 Å². The van der Waals surface area contributed by atoms with Crippen LogP contribution in [0, 0.1) is 5.92 Å². The second-order valence-corrected chi connectivity index (χ2v) is 9.56. The molecule has 1 aromatic rings. The molecule has 2 aliphatic heterocycles. The average Bonchev–Trinajstić information content (AvgIpc) is 2.77. The molecule has 3 heterocycles. The van der Waals surface area contributed by atoms with E-state index in [1.165, 1.54) is 11.3 Å². The number of aromatic nitrogens is 1. The van der Waals surface area contributed by atoms with Crippen LogP contribution in [0.25, 0.3) is 0 Å². The summed E-state index contributed by atoms with van der Waals surface area (Å²) in [5, 5.41) is 4.19. The first-order chi connectivity index (χ1) is 14.1. The van der Waals surface area contributed by atoms with E-state index in [0.717, 1.165) is 64.1 Å². The van der Waals surface area contributed by atoms with Gasteiger partial charge in [0.05, 0.1) is 6.54 Å². The van der Waals surface area contributed by atoms with Crippen molar-refractivity contribution in [2.75, 3.05) is 63.0 Å². The standard InChI is InChI=1S/C22H38N6S.HI/c1-5-23-22(28-13-14-29-20(17-28)18(3)4)25-16-19-7-8-24-21(15-19)27-11-9-26(6-2)10-12-27;/h7-8,15,18,20H,5-6,9-14,16-17H2,1-4H3,(H,23,25);1H. The maximum Gasteiger partial charge on any atom is 0.194 e. The highest BCUT2D eigenvalue weighted by Gasteiger charge is 2.25. The van der Waals surface area contributed by atoms with Crippen molar-refractivity contribution in [3.05, 3.63) is 23.9 Å². The molecular weight excluding hydrogens is 507 g/mol. The lowest BCUT2D eigenvalue weighted by Crippen LogP contribution is -2.49. The van der Waals surface area contributed by atoms with Gasteiger partial charge in [-0.2, -0.15) is 11.8 Å². The average molecular weight is 547 g/mol. The minimum atomic E-state index is 0. The van der Waals surface area contributed by atoms with E-state index in [1.54, 1.807) is 0 Å². The van der Waals surface area contributed by atoms with Gasteiger partial charge in [0.2, 0.25) is 0 Å². The Morgan fingerprint density at radius 3 is 2.67 bits per heavy atom. The summed E-state index contributed by atoms with van der Waals surface area (Å²) in [6.07, 6.45) is 1.94. The Kier molecular flexibility index (Phi) is 11.0. The molecule has 0 saturated carbocycles. The molecule has 1 unspecified atom stereocenters. The fraction of sp³-hybridized carbons (Fsp3) is 0.727. The zero-order valence-electron chi connectivity index (χ0n) is 19.0. The fourth-order valence-electron chi connectivity index (χ4n) is 3.89. The first kappa shape index (κ1) is 25.5. The van der Waals surface area contributed by atoms with E-state index in [2.05, 4.69) is 76.6 Å². The van der Waals surface area contributed by atoms with Crippen molar-refractivity contribution in [3.8, 4) is 0 Å². The highest BCUT2D eigenvalue weighted by molar-refractivity contribution is 14.0. The lowest BCUT2D eigenvalue weighted by Gasteiger charge is -2.36. The molecule has 2 saturated heterocycles. The van der Waals surface area contributed by atoms with Crippen LogP contribution in [0.5, 0.6) is 0 Å². The topological polar surface area (TPSA) is 47.0 Å². The van der Waals surface area contributed by atoms with Crippen molar-refractivity contribution in [2.45, 2.75) is 39.5 Å². The minimum absolute atomic E-state index is 0. The quantitative estimate of drug-likeness (QED) is 0.336. The van der Waals surface area contributed by atoms with Gasteiger partial charge in [-0.15, -0.1) is 24.0 Å². The van der Waals surface area contributed by atoms with Crippen LogP contribution in [-0.2, 0) is 6.54 Å². The predicted molar refractivity (Wildman–Crippen MR) is 141 cm³/mol. The van der Waals surface area contributed by atoms with Crippen LogP contribution < -0.4 is 10.2 Å². The number of hydrogen-bond acceptors (Lipinski definition) is 5. The maximum absolute atomic E-state index is 4.98. The Labute approximate surface area is 204 Å². The number of pyridine rings is 1. The monoisotopic (exact) mass is 546 g/mol. The molecule has 0 aromatic carbocycles. The summed E-state index contributed by atoms with van der Waals surface area (Å²) in [4.78, 5) is 16.9. The van der Waals surface area contributed by atoms with E-state index in [0.29, 0.717) is 17.7 Å². The molecule has 8 heteroatoms. The smallest absolute Gasteiger partial charge is 0.194 e. The van der Waals surface area contributed by atoms with E-state index in [9.17, 15) is 0 Å². The molecule has 2 fully saturated rings. The van der Waals surface area contributed by atoms with Gasteiger partial charge in [0.25, 0.3) is 0 Å². The van der Waals surface area contributed by atoms with Crippen LogP contribution >= 0.6 is 35.7 Å². The number of anilines is 1. The second kappa shape index (κ2) is 13.0. The molecule has 0 spiro atoms. The van der Waals surface area contributed by atoms with Gasteiger partial charge in [0.15, 0.2) is 5.96 Å². The number of thioether (sulfide) groups is 1. The molecule has 6 nitrogen and oxygen atoms in total. The van der Waals surface area contributed by atoms with E-state index >= 15 is 0 Å². The lowest BCUT2D eigenvalue weighted by atomic mass is 10.1. The molecule has 170 valence electrons. The Morgan fingerprint density at radius 2 is 2.00 bits per heavy atom. The summed E-state index contributed by atoms with van der Waals surface area (Å²) in [7, 11) is 0. The molecule has 1 N–H and O–H groups in total. The molecule has 0 radical (unpaired) electrons. The Balaban J connectivity index is 0.00000320. The van der Waals surface area contributed by atoms with Gasteiger partial charge in [-0.25, -0.2) is 9.98 Å². The minimum Gasteiger partial charge on any atom is -0.357 e. The van der Waals surface area contributed by atoms with Crippen LogP contribution in [0.4, 0.5) is 5.82 Å². The van der Waals surface area contributed by atoms with Crippen LogP contribution in [0.2, 0.25) is 0 Å². The van der Waals surface area contributed by atoms with Crippen molar-refractivity contribution >= 4 is 47.5 Å². The Morgan fingerprint density at radius 1 is 1.23 bits per heavy atom. The SMILES string of the molecule is CCNC(=NCc1ccnc(N2CCN(CC)CC2)c1)N1CCSC(C(C)C)C1.I. The Hall–Kier alpha value is -0.740. The molecule has 0 bridgehead atoms. The maximum atomic E-state index is 4.98. The third kappa shape index (κ3) is 7.15. The largest absolute Gasteiger partial charge is 0.357 e. The molecular formula is C22H39IN6S. The summed E-state index contributed by atoms with van der Waals surface area (Å²) >= 11 is 2.10. The third-order valence-corrected chi connectivity index (χ3v) is 7.38. The van der Waals surface area contributed by atoms with E-state index in [4.69, 9.17) is 4.99 Å². The first-order valence-electron chi connectivity index (χ1n) is 11.2. The van der Waals surface area contributed by atoms with Gasteiger partial charge in [0.1, 0.15) is 5.82 Å². The van der Waals surface area contributed by atoms with E-state index in [-0.39, 0.29) is 24.0 Å². The summed E-state index contributed by atoms with van der Waals surface area (Å²) in [5.41, 5.74) is 1.23. The van der Waals surface area contributed by atoms with Gasteiger partial charge in [0, 0.05) is 63.0 Å². The number of hydrogen-bond donors (Lipinski definition) is 1. The van der Waals surface area contributed by atoms with Crippen molar-refractivity contribution in [3.63, 3.8) is 0 Å². The summed E-state index contributed by atoms with van der Waals surface area (Å²) in [6, 6.07) is 4.32. The van der Waals surface area contributed by atoms with Crippen molar-refractivity contribution in [2.24, 2.45) is 10.9 Å². The van der Waals surface area contributed by atoms with Gasteiger partial charge in [-0.05, 0) is 37.1 Å². The fourth-order valence-corrected chi connectivity index (χ4v) is 5.19. The molecule has 0 amide bonds. The van der Waals surface area contributed by atoms with E-state index in [1.807, 2.05) is 6.20 Å².